The highest BCUT2D eigenvalue weighted by Crippen LogP contribution is 2.30. The zero-order valence-electron chi connectivity index (χ0n) is 18.9. The van der Waals surface area contributed by atoms with Crippen LogP contribution in [0.5, 0.6) is 5.75 Å². The van der Waals surface area contributed by atoms with Crippen molar-refractivity contribution in [2.75, 3.05) is 13.7 Å². The predicted octanol–water partition coefficient (Wildman–Crippen LogP) is 4.43. The van der Waals surface area contributed by atoms with Gasteiger partial charge < -0.3 is 9.47 Å². The summed E-state index contributed by atoms with van der Waals surface area (Å²) >= 11 is 5.91. The number of carbonyl (C=O) groups is 1. The van der Waals surface area contributed by atoms with Gasteiger partial charge in [-0.2, -0.15) is 4.31 Å². The normalized spacial score (nSPS) is 12.6. The largest absolute Gasteiger partial charge is 0.497 e. The molecule has 1 atom stereocenters. The van der Waals surface area contributed by atoms with E-state index in [0.717, 1.165) is 0 Å². The monoisotopic (exact) mass is 498 g/mol. The summed E-state index contributed by atoms with van der Waals surface area (Å²) < 4.78 is 38.7. The molecule has 0 amide bonds. The van der Waals surface area contributed by atoms with Crippen LogP contribution in [-0.2, 0) is 26.1 Å². The summed E-state index contributed by atoms with van der Waals surface area (Å²) in [4.78, 5) is 23.0. The first-order valence-electron chi connectivity index (χ1n) is 10.3. The quantitative estimate of drug-likeness (QED) is 0.255. The van der Waals surface area contributed by atoms with Crippen molar-refractivity contribution in [1.29, 1.82) is 0 Å². The molecule has 0 aliphatic rings. The Hall–Kier alpha value is -2.69. The third kappa shape index (κ3) is 6.66. The van der Waals surface area contributed by atoms with Crippen molar-refractivity contribution in [2.24, 2.45) is 5.92 Å². The van der Waals surface area contributed by atoms with E-state index in [-0.39, 0.29) is 41.1 Å². The number of esters is 1. The van der Waals surface area contributed by atoms with Crippen molar-refractivity contribution in [3.05, 3.63) is 63.2 Å². The van der Waals surface area contributed by atoms with Gasteiger partial charge in [0.15, 0.2) is 0 Å². The summed E-state index contributed by atoms with van der Waals surface area (Å²) in [6.45, 7) is 5.23. The molecule has 0 fully saturated rings. The molecule has 0 bridgehead atoms. The molecule has 0 radical (unpaired) electrons. The fourth-order valence-corrected chi connectivity index (χ4v) is 5.23. The van der Waals surface area contributed by atoms with Crippen LogP contribution in [0.2, 0.25) is 5.02 Å². The van der Waals surface area contributed by atoms with E-state index < -0.39 is 27.0 Å². The Morgan fingerprint density at radius 3 is 2.33 bits per heavy atom. The molecule has 2 aromatic carbocycles. The lowest BCUT2D eigenvalue weighted by Crippen LogP contribution is -2.44. The summed E-state index contributed by atoms with van der Waals surface area (Å²) in [5.74, 6) is -0.307. The number of rotatable bonds is 11. The molecule has 0 aliphatic heterocycles. The molecule has 0 aliphatic carbocycles. The van der Waals surface area contributed by atoms with Crippen LogP contribution >= 0.6 is 11.6 Å². The van der Waals surface area contributed by atoms with Crippen molar-refractivity contribution in [1.82, 2.24) is 4.31 Å². The molecule has 11 heteroatoms. The third-order valence-electron chi connectivity index (χ3n) is 5.03. The molecular weight excluding hydrogens is 472 g/mol. The van der Waals surface area contributed by atoms with Crippen molar-refractivity contribution < 1.29 is 27.6 Å². The minimum Gasteiger partial charge on any atom is -0.497 e. The Balaban J connectivity index is 2.57. The minimum absolute atomic E-state index is 0.00118. The van der Waals surface area contributed by atoms with Crippen LogP contribution in [0.1, 0.15) is 32.8 Å². The van der Waals surface area contributed by atoms with E-state index in [9.17, 15) is 23.3 Å². The molecule has 0 saturated heterocycles. The molecule has 0 aromatic heterocycles. The van der Waals surface area contributed by atoms with E-state index in [1.807, 2.05) is 0 Å². The van der Waals surface area contributed by atoms with Gasteiger partial charge in [-0.1, -0.05) is 31.5 Å². The highest BCUT2D eigenvalue weighted by atomic mass is 35.5. The first-order chi connectivity index (χ1) is 15.5. The number of carbonyl (C=O) groups excluding carboxylic acids is 1. The molecule has 2 aromatic rings. The van der Waals surface area contributed by atoms with E-state index in [2.05, 4.69) is 0 Å². The Morgan fingerprint density at radius 2 is 1.82 bits per heavy atom. The molecule has 0 N–H and O–H groups in total. The number of benzene rings is 2. The first kappa shape index (κ1) is 26.6. The van der Waals surface area contributed by atoms with Crippen molar-refractivity contribution >= 4 is 33.3 Å². The number of nitro benzene ring substituents is 1. The fourth-order valence-electron chi connectivity index (χ4n) is 3.30. The van der Waals surface area contributed by atoms with Gasteiger partial charge in [0.1, 0.15) is 10.8 Å². The van der Waals surface area contributed by atoms with Crippen LogP contribution in [0.25, 0.3) is 0 Å². The van der Waals surface area contributed by atoms with Crippen LogP contribution in [0.4, 0.5) is 5.69 Å². The van der Waals surface area contributed by atoms with Gasteiger partial charge in [0, 0.05) is 18.7 Å². The van der Waals surface area contributed by atoms with Crippen molar-refractivity contribution in [3.63, 3.8) is 0 Å². The summed E-state index contributed by atoms with van der Waals surface area (Å²) in [7, 11) is -2.64. The summed E-state index contributed by atoms with van der Waals surface area (Å²) in [6, 6.07) is 9.21. The Morgan fingerprint density at radius 1 is 1.18 bits per heavy atom. The number of methoxy groups -OCH3 is 1. The number of nitrogens with zero attached hydrogens (tertiary/aromatic N) is 2. The SMILES string of the molecule is CCOC(=O)CC(C(C)C)N(Cc1ccc(Cl)c([N+](=O)[O-])c1)S(=O)(=O)c1ccc(OC)cc1. The van der Waals surface area contributed by atoms with Gasteiger partial charge in [-0.25, -0.2) is 8.42 Å². The van der Waals surface area contributed by atoms with Crippen LogP contribution in [-0.4, -0.2) is 43.4 Å². The first-order valence-corrected chi connectivity index (χ1v) is 12.1. The number of hydrogen-bond acceptors (Lipinski definition) is 7. The van der Waals surface area contributed by atoms with Gasteiger partial charge in [0.25, 0.3) is 5.69 Å². The van der Waals surface area contributed by atoms with Gasteiger partial charge in [0.2, 0.25) is 10.0 Å². The van der Waals surface area contributed by atoms with E-state index in [4.69, 9.17) is 21.1 Å². The second kappa shape index (κ2) is 11.4. The number of sulfonamides is 1. The number of hydrogen-bond donors (Lipinski definition) is 0. The molecule has 1 unspecified atom stereocenters. The maximum atomic E-state index is 13.7. The van der Waals surface area contributed by atoms with Crippen LogP contribution in [0.3, 0.4) is 0 Å². The summed E-state index contributed by atoms with van der Waals surface area (Å²) in [5.41, 5.74) is 0.0279. The topological polar surface area (TPSA) is 116 Å². The Labute approximate surface area is 198 Å². The molecule has 0 saturated carbocycles. The fraction of sp³-hybridized carbons (Fsp3) is 0.409. The van der Waals surface area contributed by atoms with Gasteiger partial charge >= 0.3 is 5.97 Å². The van der Waals surface area contributed by atoms with Crippen LogP contribution in [0, 0.1) is 16.0 Å². The molecule has 2 rings (SSSR count). The van der Waals surface area contributed by atoms with E-state index in [1.54, 1.807) is 20.8 Å². The van der Waals surface area contributed by atoms with Crippen LogP contribution < -0.4 is 4.74 Å². The standard InChI is InChI=1S/C22H27ClN2O7S/c1-5-32-22(26)13-20(15(2)3)24(14-16-6-11-19(23)21(12-16)25(27)28)33(29,30)18-9-7-17(31-4)8-10-18/h6-12,15,20H,5,13-14H2,1-4H3. The smallest absolute Gasteiger partial charge is 0.307 e. The predicted molar refractivity (Wildman–Crippen MR) is 124 cm³/mol. The molecule has 0 heterocycles. The number of halogens is 1. The second-order valence-electron chi connectivity index (χ2n) is 7.59. The highest BCUT2D eigenvalue weighted by molar-refractivity contribution is 7.89. The Kier molecular flexibility index (Phi) is 9.21. The van der Waals surface area contributed by atoms with Gasteiger partial charge in [-0.3, -0.25) is 14.9 Å². The second-order valence-corrected chi connectivity index (χ2v) is 9.89. The van der Waals surface area contributed by atoms with Crippen molar-refractivity contribution in [3.8, 4) is 5.75 Å². The van der Waals surface area contributed by atoms with Gasteiger partial charge in [0.05, 0.1) is 30.0 Å². The lowest BCUT2D eigenvalue weighted by atomic mass is 10.0. The molecule has 0 spiro atoms. The molecule has 180 valence electrons. The average Bonchev–Trinajstić information content (AvgIpc) is 2.77. The van der Waals surface area contributed by atoms with E-state index in [0.29, 0.717) is 11.3 Å². The lowest BCUT2D eigenvalue weighted by Gasteiger charge is -2.33. The van der Waals surface area contributed by atoms with Gasteiger partial charge in [-0.15, -0.1) is 0 Å². The van der Waals surface area contributed by atoms with Gasteiger partial charge in [-0.05, 0) is 48.7 Å². The zero-order chi connectivity index (χ0) is 24.8. The number of ether oxygens (including phenoxy) is 2. The van der Waals surface area contributed by atoms with E-state index >= 15 is 0 Å². The number of nitro groups is 1. The average molecular weight is 499 g/mol. The maximum absolute atomic E-state index is 13.7. The van der Waals surface area contributed by atoms with E-state index in [1.165, 1.54) is 53.9 Å². The maximum Gasteiger partial charge on any atom is 0.307 e. The third-order valence-corrected chi connectivity index (χ3v) is 7.24. The summed E-state index contributed by atoms with van der Waals surface area (Å²) in [6.07, 6.45) is -0.170. The Bertz CT molecular complexity index is 1090. The minimum atomic E-state index is -4.11. The zero-order valence-corrected chi connectivity index (χ0v) is 20.4. The highest BCUT2D eigenvalue weighted by Gasteiger charge is 2.35. The van der Waals surface area contributed by atoms with Crippen molar-refractivity contribution in [2.45, 2.75) is 44.7 Å². The lowest BCUT2D eigenvalue weighted by molar-refractivity contribution is -0.384. The summed E-state index contributed by atoms with van der Waals surface area (Å²) in [5, 5.41) is 11.3. The van der Waals surface area contributed by atoms with Crippen LogP contribution in [0.15, 0.2) is 47.4 Å². The molecule has 33 heavy (non-hydrogen) atoms. The molecule has 9 nitrogen and oxygen atoms in total. The molecular formula is C22H27ClN2O7S.